The maximum Gasteiger partial charge on any atom is 0.248 e. The summed E-state index contributed by atoms with van der Waals surface area (Å²) in [5.41, 5.74) is 15.3. The van der Waals surface area contributed by atoms with Crippen molar-refractivity contribution in [2.75, 3.05) is 11.4 Å². The third-order valence-electron chi connectivity index (χ3n) is 6.68. The molecule has 0 spiro atoms. The topological polar surface area (TPSA) is 58.4 Å². The fraction of sp³-hybridized carbons (Fsp3) is 0.296. The normalized spacial score (nSPS) is 15.6. The van der Waals surface area contributed by atoms with E-state index in [4.69, 9.17) is 5.73 Å². The van der Waals surface area contributed by atoms with Gasteiger partial charge in [0.05, 0.1) is 0 Å². The third-order valence-corrected chi connectivity index (χ3v) is 6.68. The molecule has 4 nitrogen and oxygen atoms in total. The number of aryl methyl sites for hydroxylation is 2. The van der Waals surface area contributed by atoms with Crippen molar-refractivity contribution >= 4 is 17.3 Å². The lowest BCUT2D eigenvalue weighted by Gasteiger charge is -2.33. The van der Waals surface area contributed by atoms with Gasteiger partial charge in [-0.2, -0.15) is 0 Å². The van der Waals surface area contributed by atoms with E-state index in [0.717, 1.165) is 38.8 Å². The first-order valence-electron chi connectivity index (χ1n) is 11.2. The highest BCUT2D eigenvalue weighted by atomic mass is 16.1. The maximum atomic E-state index is 11.6. The Kier molecular flexibility index (Phi) is 5.24. The molecule has 0 saturated carbocycles. The van der Waals surface area contributed by atoms with Gasteiger partial charge in [-0.05, 0) is 84.7 Å². The van der Waals surface area contributed by atoms with E-state index < -0.39 is 0 Å². The minimum Gasteiger partial charge on any atom is -0.366 e. The molecule has 0 atom stereocenters. The number of carbonyl (C=O) groups excluding carboxylic acids is 1. The average molecular weight is 412 g/mol. The molecule has 31 heavy (non-hydrogen) atoms. The number of hydrogen-bond acceptors (Lipinski definition) is 3. The number of primary amides is 1. The van der Waals surface area contributed by atoms with Crippen molar-refractivity contribution in [3.8, 4) is 0 Å². The van der Waals surface area contributed by atoms with Gasteiger partial charge in [0, 0.05) is 36.1 Å². The van der Waals surface area contributed by atoms with Crippen LogP contribution in [0.3, 0.4) is 0 Å². The second-order valence-electron chi connectivity index (χ2n) is 8.84. The lowest BCUT2D eigenvalue weighted by atomic mass is 9.97. The predicted molar refractivity (Wildman–Crippen MR) is 126 cm³/mol. The molecule has 0 saturated heterocycles. The molecule has 1 aliphatic carbocycles. The smallest absolute Gasteiger partial charge is 0.248 e. The van der Waals surface area contributed by atoms with Crippen LogP contribution in [-0.4, -0.2) is 18.5 Å². The molecule has 0 radical (unpaired) electrons. The summed E-state index contributed by atoms with van der Waals surface area (Å²) in [5, 5.41) is 3.75. The first kappa shape index (κ1) is 19.8. The fourth-order valence-electron chi connectivity index (χ4n) is 5.10. The van der Waals surface area contributed by atoms with E-state index in [1.165, 1.54) is 39.2 Å². The standard InChI is InChI=1S/C27H29N3O/c1-18-13-19(17-29-24-15-20-5-2-3-6-21(20)16-24)8-10-25(18)30-12-4-7-22-14-23(27(28)31)9-11-26(22)30/h2-3,5-6,8-11,13-14,24,29H,4,7,12,15-17H2,1H3,(H2,28,31). The van der Waals surface area contributed by atoms with Gasteiger partial charge in [-0.25, -0.2) is 0 Å². The van der Waals surface area contributed by atoms with Gasteiger partial charge in [-0.1, -0.05) is 36.4 Å². The minimum absolute atomic E-state index is 0.363. The Bertz CT molecular complexity index is 1110. The second kappa shape index (κ2) is 8.20. The average Bonchev–Trinajstić information content (AvgIpc) is 3.20. The number of nitrogens with two attached hydrogens (primary N) is 1. The highest BCUT2D eigenvalue weighted by Gasteiger charge is 2.22. The SMILES string of the molecule is Cc1cc(CNC2Cc3ccccc3C2)ccc1N1CCCc2cc(C(N)=O)ccc21. The summed E-state index contributed by atoms with van der Waals surface area (Å²) in [7, 11) is 0. The number of carbonyl (C=O) groups is 1. The molecule has 3 aromatic carbocycles. The Morgan fingerprint density at radius 1 is 1.00 bits per heavy atom. The molecule has 3 N–H and O–H groups in total. The van der Waals surface area contributed by atoms with Gasteiger partial charge in [0.25, 0.3) is 0 Å². The van der Waals surface area contributed by atoms with Crippen molar-refractivity contribution in [3.05, 3.63) is 94.0 Å². The molecule has 1 aliphatic heterocycles. The molecule has 5 rings (SSSR count). The molecule has 0 aromatic heterocycles. The molecule has 1 amide bonds. The molecular weight excluding hydrogens is 382 g/mol. The summed E-state index contributed by atoms with van der Waals surface area (Å²) in [5.74, 6) is -0.363. The van der Waals surface area contributed by atoms with Crippen LogP contribution in [0.1, 0.15) is 44.6 Å². The van der Waals surface area contributed by atoms with Crippen molar-refractivity contribution in [1.29, 1.82) is 0 Å². The summed E-state index contributed by atoms with van der Waals surface area (Å²) in [4.78, 5) is 13.9. The largest absolute Gasteiger partial charge is 0.366 e. The number of anilines is 2. The van der Waals surface area contributed by atoms with Gasteiger partial charge >= 0.3 is 0 Å². The van der Waals surface area contributed by atoms with E-state index >= 15 is 0 Å². The van der Waals surface area contributed by atoms with Gasteiger partial charge in [0.15, 0.2) is 0 Å². The zero-order valence-electron chi connectivity index (χ0n) is 18.0. The summed E-state index contributed by atoms with van der Waals surface area (Å²) >= 11 is 0. The number of benzene rings is 3. The summed E-state index contributed by atoms with van der Waals surface area (Å²) in [6, 6.07) is 21.9. The van der Waals surface area contributed by atoms with Crippen LogP contribution in [0.5, 0.6) is 0 Å². The summed E-state index contributed by atoms with van der Waals surface area (Å²) in [6.07, 6.45) is 4.29. The van der Waals surface area contributed by atoms with E-state index in [9.17, 15) is 4.79 Å². The number of amides is 1. The zero-order valence-corrected chi connectivity index (χ0v) is 18.0. The molecule has 4 heteroatoms. The third kappa shape index (κ3) is 3.96. The molecule has 0 bridgehead atoms. The molecule has 1 heterocycles. The van der Waals surface area contributed by atoms with E-state index in [2.05, 4.69) is 59.6 Å². The van der Waals surface area contributed by atoms with Gasteiger partial charge < -0.3 is 16.0 Å². The molecule has 0 fully saturated rings. The van der Waals surface area contributed by atoms with Gasteiger partial charge in [0.1, 0.15) is 0 Å². The predicted octanol–water partition coefficient (Wildman–Crippen LogP) is 4.44. The summed E-state index contributed by atoms with van der Waals surface area (Å²) < 4.78 is 0. The first-order valence-corrected chi connectivity index (χ1v) is 11.2. The molecular formula is C27H29N3O. The number of fused-ring (bicyclic) bond motifs is 2. The highest BCUT2D eigenvalue weighted by molar-refractivity contribution is 5.93. The van der Waals surface area contributed by atoms with Crippen molar-refractivity contribution in [2.24, 2.45) is 5.73 Å². The van der Waals surface area contributed by atoms with Gasteiger partial charge in [-0.3, -0.25) is 4.79 Å². The van der Waals surface area contributed by atoms with E-state index in [0.29, 0.717) is 11.6 Å². The zero-order chi connectivity index (χ0) is 21.4. The van der Waals surface area contributed by atoms with Crippen LogP contribution >= 0.6 is 0 Å². The Morgan fingerprint density at radius 2 is 1.74 bits per heavy atom. The lowest BCUT2D eigenvalue weighted by molar-refractivity contribution is 0.1000. The van der Waals surface area contributed by atoms with Crippen LogP contribution in [-0.2, 0) is 25.8 Å². The van der Waals surface area contributed by atoms with Gasteiger partial charge in [-0.15, -0.1) is 0 Å². The van der Waals surface area contributed by atoms with Crippen molar-refractivity contribution in [1.82, 2.24) is 5.32 Å². The van der Waals surface area contributed by atoms with Crippen molar-refractivity contribution < 1.29 is 4.79 Å². The Hall–Kier alpha value is -3.11. The quantitative estimate of drug-likeness (QED) is 0.653. The van der Waals surface area contributed by atoms with Crippen molar-refractivity contribution in [3.63, 3.8) is 0 Å². The Balaban J connectivity index is 1.30. The van der Waals surface area contributed by atoms with E-state index in [-0.39, 0.29) is 5.91 Å². The molecule has 2 aliphatic rings. The number of nitrogens with one attached hydrogen (secondary N) is 1. The number of rotatable bonds is 5. The first-order chi connectivity index (χ1) is 15.1. The minimum atomic E-state index is -0.363. The van der Waals surface area contributed by atoms with Crippen LogP contribution in [0.25, 0.3) is 0 Å². The van der Waals surface area contributed by atoms with Crippen molar-refractivity contribution in [2.45, 2.75) is 45.2 Å². The monoisotopic (exact) mass is 411 g/mol. The Labute approximate surface area is 184 Å². The highest BCUT2D eigenvalue weighted by Crippen LogP contribution is 2.36. The van der Waals surface area contributed by atoms with Crippen LogP contribution in [0.15, 0.2) is 60.7 Å². The lowest BCUT2D eigenvalue weighted by Crippen LogP contribution is -2.29. The molecule has 158 valence electrons. The second-order valence-corrected chi connectivity index (χ2v) is 8.84. The van der Waals surface area contributed by atoms with Crippen LogP contribution < -0.4 is 16.0 Å². The molecule has 0 unspecified atom stereocenters. The molecule has 3 aromatic rings. The number of hydrogen-bond donors (Lipinski definition) is 2. The van der Waals surface area contributed by atoms with E-state index in [1.54, 1.807) is 0 Å². The van der Waals surface area contributed by atoms with Crippen LogP contribution in [0.4, 0.5) is 11.4 Å². The Morgan fingerprint density at radius 3 is 2.45 bits per heavy atom. The fourth-order valence-corrected chi connectivity index (χ4v) is 5.10. The van der Waals surface area contributed by atoms with Gasteiger partial charge in [0.2, 0.25) is 5.91 Å². The summed E-state index contributed by atoms with van der Waals surface area (Å²) in [6.45, 7) is 4.07. The van der Waals surface area contributed by atoms with E-state index in [1.807, 2.05) is 18.2 Å². The van der Waals surface area contributed by atoms with Crippen LogP contribution in [0, 0.1) is 6.92 Å². The number of nitrogens with zero attached hydrogens (tertiary/aromatic N) is 1. The van der Waals surface area contributed by atoms with Crippen LogP contribution in [0.2, 0.25) is 0 Å². The maximum absolute atomic E-state index is 11.6.